The number of carbonyl (C=O) groups excluding carboxylic acids is 2. The number of hydrogen-bond acceptors (Lipinski definition) is 5. The first kappa shape index (κ1) is 20.9. The number of rotatable bonds is 8. The number of amides is 2. The highest BCUT2D eigenvalue weighted by atomic mass is 16.5. The van der Waals surface area contributed by atoms with Gasteiger partial charge in [0.05, 0.1) is 11.3 Å². The Morgan fingerprint density at radius 2 is 1.86 bits per heavy atom. The number of likely N-dealkylation sites (N-methyl/N-ethyl adjacent to an activating group) is 1. The first-order valence-electron chi connectivity index (χ1n) is 8.88. The Balaban J connectivity index is 2.04. The molecule has 0 spiro atoms. The van der Waals surface area contributed by atoms with Crippen LogP contribution in [0.1, 0.15) is 40.4 Å². The minimum Gasteiger partial charge on any atom is -0.484 e. The third kappa shape index (κ3) is 5.29. The van der Waals surface area contributed by atoms with Gasteiger partial charge in [-0.25, -0.2) is 9.78 Å². The van der Waals surface area contributed by atoms with Gasteiger partial charge in [0.25, 0.3) is 11.8 Å². The maximum atomic E-state index is 12.4. The topological polar surface area (TPSA) is 109 Å². The Bertz CT molecular complexity index is 878. The summed E-state index contributed by atoms with van der Waals surface area (Å²) in [5.41, 5.74) is 0.877. The molecule has 0 radical (unpaired) electrons. The summed E-state index contributed by atoms with van der Waals surface area (Å²) in [6, 6.07) is 9.36. The fourth-order valence-electron chi connectivity index (χ4n) is 2.58. The largest absolute Gasteiger partial charge is 0.484 e. The van der Waals surface area contributed by atoms with E-state index in [1.807, 2.05) is 13.8 Å². The quantitative estimate of drug-likeness (QED) is 0.723. The molecule has 28 heavy (non-hydrogen) atoms. The van der Waals surface area contributed by atoms with Crippen LogP contribution in [0.4, 0.5) is 5.69 Å². The average Bonchev–Trinajstić information content (AvgIpc) is 2.67. The number of aromatic carboxylic acids is 1. The maximum Gasteiger partial charge on any atom is 0.337 e. The second kappa shape index (κ2) is 9.50. The van der Waals surface area contributed by atoms with Crippen LogP contribution >= 0.6 is 0 Å². The van der Waals surface area contributed by atoms with E-state index in [2.05, 4.69) is 10.3 Å². The lowest BCUT2D eigenvalue weighted by molar-refractivity contribution is -0.132. The minimum absolute atomic E-state index is 0.0461. The van der Waals surface area contributed by atoms with E-state index >= 15 is 0 Å². The molecule has 2 rings (SSSR count). The zero-order chi connectivity index (χ0) is 20.7. The molecule has 1 heterocycles. The zero-order valence-corrected chi connectivity index (χ0v) is 16.1. The molecule has 0 atom stereocenters. The molecule has 1 aromatic carbocycles. The summed E-state index contributed by atoms with van der Waals surface area (Å²) in [6.45, 7) is 6.47. The van der Waals surface area contributed by atoms with Crippen molar-refractivity contribution >= 4 is 23.5 Å². The van der Waals surface area contributed by atoms with Crippen LogP contribution in [0.3, 0.4) is 0 Å². The molecule has 0 fully saturated rings. The van der Waals surface area contributed by atoms with E-state index in [1.165, 1.54) is 19.1 Å². The molecule has 0 unspecified atom stereocenters. The Hall–Kier alpha value is -3.42. The Labute approximate surface area is 163 Å². The van der Waals surface area contributed by atoms with Crippen LogP contribution in [0.2, 0.25) is 0 Å². The third-order valence-corrected chi connectivity index (χ3v) is 4.12. The van der Waals surface area contributed by atoms with Crippen LogP contribution in [0, 0.1) is 6.92 Å². The van der Waals surface area contributed by atoms with Crippen molar-refractivity contribution in [1.82, 2.24) is 9.88 Å². The van der Waals surface area contributed by atoms with Gasteiger partial charge in [-0.15, -0.1) is 0 Å². The number of hydrogen-bond donors (Lipinski definition) is 2. The molecule has 1 aromatic heterocycles. The summed E-state index contributed by atoms with van der Waals surface area (Å²) in [4.78, 5) is 41.1. The molecule has 0 saturated heterocycles. The predicted octanol–water partition coefficient (Wildman–Crippen LogP) is 2.59. The molecule has 2 N–H and O–H groups in total. The third-order valence-electron chi connectivity index (χ3n) is 4.12. The van der Waals surface area contributed by atoms with E-state index in [0.29, 0.717) is 24.5 Å². The first-order chi connectivity index (χ1) is 13.3. The lowest BCUT2D eigenvalue weighted by Gasteiger charge is -2.18. The molecule has 148 valence electrons. The van der Waals surface area contributed by atoms with E-state index in [1.54, 1.807) is 29.2 Å². The van der Waals surface area contributed by atoms with Crippen molar-refractivity contribution in [2.45, 2.75) is 20.8 Å². The smallest absolute Gasteiger partial charge is 0.337 e. The number of carboxylic acids is 1. The van der Waals surface area contributed by atoms with Gasteiger partial charge in [0, 0.05) is 24.8 Å². The van der Waals surface area contributed by atoms with E-state index in [-0.39, 0.29) is 29.5 Å². The summed E-state index contributed by atoms with van der Waals surface area (Å²) in [5, 5.41) is 11.7. The van der Waals surface area contributed by atoms with Crippen molar-refractivity contribution in [1.29, 1.82) is 0 Å². The molecule has 8 nitrogen and oxygen atoms in total. The first-order valence-corrected chi connectivity index (χ1v) is 8.88. The van der Waals surface area contributed by atoms with Gasteiger partial charge in [-0.2, -0.15) is 0 Å². The monoisotopic (exact) mass is 385 g/mol. The molecule has 0 aliphatic carbocycles. The van der Waals surface area contributed by atoms with Gasteiger partial charge in [-0.05, 0) is 45.0 Å². The van der Waals surface area contributed by atoms with Crippen molar-refractivity contribution in [3.8, 4) is 5.75 Å². The highest BCUT2D eigenvalue weighted by Gasteiger charge is 2.14. The van der Waals surface area contributed by atoms with Crippen molar-refractivity contribution in [2.24, 2.45) is 0 Å². The van der Waals surface area contributed by atoms with Gasteiger partial charge in [0.2, 0.25) is 0 Å². The molecule has 0 aliphatic rings. The molecule has 8 heteroatoms. The fraction of sp³-hybridized carbons (Fsp3) is 0.300. The van der Waals surface area contributed by atoms with E-state index in [4.69, 9.17) is 9.84 Å². The van der Waals surface area contributed by atoms with Gasteiger partial charge >= 0.3 is 5.97 Å². The Morgan fingerprint density at radius 3 is 2.46 bits per heavy atom. The number of anilines is 1. The van der Waals surface area contributed by atoms with Crippen molar-refractivity contribution in [3.05, 3.63) is 53.3 Å². The number of nitrogens with one attached hydrogen (secondary N) is 1. The maximum absolute atomic E-state index is 12.4. The van der Waals surface area contributed by atoms with Gasteiger partial charge in [-0.1, -0.05) is 6.07 Å². The second-order valence-corrected chi connectivity index (χ2v) is 5.97. The van der Waals surface area contributed by atoms with Crippen LogP contribution in [0.15, 0.2) is 36.4 Å². The minimum atomic E-state index is -1.10. The summed E-state index contributed by atoms with van der Waals surface area (Å²) in [7, 11) is 0. The van der Waals surface area contributed by atoms with Crippen LogP contribution in [-0.2, 0) is 4.79 Å². The van der Waals surface area contributed by atoms with Crippen molar-refractivity contribution in [3.63, 3.8) is 0 Å². The number of ether oxygens (including phenoxy) is 1. The van der Waals surface area contributed by atoms with Gasteiger partial charge in [0.1, 0.15) is 11.4 Å². The lowest BCUT2D eigenvalue weighted by Crippen LogP contribution is -2.34. The highest BCUT2D eigenvalue weighted by Crippen LogP contribution is 2.18. The fourth-order valence-corrected chi connectivity index (χ4v) is 2.58. The summed E-state index contributed by atoms with van der Waals surface area (Å²) >= 11 is 0. The number of benzene rings is 1. The molecular formula is C20H23N3O5. The van der Waals surface area contributed by atoms with Crippen LogP contribution in [0.5, 0.6) is 5.75 Å². The Kier molecular flexibility index (Phi) is 7.08. The molecular weight excluding hydrogens is 362 g/mol. The number of nitrogens with zero attached hydrogens (tertiary/aromatic N) is 2. The zero-order valence-electron chi connectivity index (χ0n) is 16.1. The van der Waals surface area contributed by atoms with E-state index in [0.717, 1.165) is 0 Å². The van der Waals surface area contributed by atoms with Crippen LogP contribution < -0.4 is 10.1 Å². The van der Waals surface area contributed by atoms with Gasteiger partial charge in [-0.3, -0.25) is 9.59 Å². The van der Waals surface area contributed by atoms with Crippen LogP contribution in [0.25, 0.3) is 0 Å². The number of carboxylic acid groups (broad SMARTS) is 1. The summed E-state index contributed by atoms with van der Waals surface area (Å²) in [5.74, 6) is -1.24. The van der Waals surface area contributed by atoms with Gasteiger partial charge in [0.15, 0.2) is 6.61 Å². The van der Waals surface area contributed by atoms with Crippen molar-refractivity contribution < 1.29 is 24.2 Å². The molecule has 2 amide bonds. The number of aryl methyl sites for hydroxylation is 1. The SMILES string of the molecule is CCN(CC)C(=O)COc1cccc(NC(=O)c2ccc(C(=O)O)c(C)n2)c1. The number of carbonyl (C=O) groups is 3. The number of aromatic nitrogens is 1. The highest BCUT2D eigenvalue weighted by molar-refractivity contribution is 6.03. The lowest BCUT2D eigenvalue weighted by atomic mass is 10.2. The average molecular weight is 385 g/mol. The van der Waals surface area contributed by atoms with Gasteiger partial charge < -0.3 is 20.1 Å². The molecule has 2 aromatic rings. The predicted molar refractivity (Wildman–Crippen MR) is 104 cm³/mol. The summed E-state index contributed by atoms with van der Waals surface area (Å²) in [6.07, 6.45) is 0. The molecule has 0 aliphatic heterocycles. The standard InChI is InChI=1S/C20H23N3O5/c1-4-23(5-2)18(24)12-28-15-8-6-7-14(11-15)22-19(25)17-10-9-16(20(26)27)13(3)21-17/h6-11H,4-5,12H2,1-3H3,(H,22,25)(H,26,27). The summed E-state index contributed by atoms with van der Waals surface area (Å²) < 4.78 is 5.52. The number of pyridine rings is 1. The van der Waals surface area contributed by atoms with Crippen LogP contribution in [-0.4, -0.2) is 52.5 Å². The second-order valence-electron chi connectivity index (χ2n) is 5.97. The van der Waals surface area contributed by atoms with Crippen molar-refractivity contribution in [2.75, 3.05) is 25.0 Å². The Morgan fingerprint density at radius 1 is 1.14 bits per heavy atom. The molecule has 0 saturated carbocycles. The van der Waals surface area contributed by atoms with E-state index < -0.39 is 11.9 Å². The normalized spacial score (nSPS) is 10.2. The van der Waals surface area contributed by atoms with E-state index in [9.17, 15) is 14.4 Å². The molecule has 0 bridgehead atoms.